The quantitative estimate of drug-likeness (QED) is 0.541. The van der Waals surface area contributed by atoms with Crippen LogP contribution in [0.4, 0.5) is 5.82 Å². The van der Waals surface area contributed by atoms with Gasteiger partial charge in [-0.15, -0.1) is 0 Å². The Kier molecular flexibility index (Phi) is 5.03. The Bertz CT molecular complexity index is 277. The van der Waals surface area contributed by atoms with Gasteiger partial charge in [-0.05, 0) is 18.6 Å². The van der Waals surface area contributed by atoms with Gasteiger partial charge in [0.15, 0.2) is 0 Å². The number of methoxy groups -OCH3 is 1. The van der Waals surface area contributed by atoms with E-state index in [1.165, 1.54) is 0 Å². The minimum Gasteiger partial charge on any atom is -0.382 e. The molecule has 0 radical (unpaired) electrons. The lowest BCUT2D eigenvalue weighted by Crippen LogP contribution is -2.14. The monoisotopic (exact) mass is 211 g/mol. The highest BCUT2D eigenvalue weighted by molar-refractivity contribution is 5.33. The topological polar surface area (TPSA) is 69.4 Å². The highest BCUT2D eigenvalue weighted by atomic mass is 16.5. The lowest BCUT2D eigenvalue weighted by Gasteiger charge is -2.11. The maximum Gasteiger partial charge on any atom is 0.139 e. The second-order valence-corrected chi connectivity index (χ2v) is 3.27. The van der Waals surface area contributed by atoms with Gasteiger partial charge in [-0.2, -0.15) is 0 Å². The van der Waals surface area contributed by atoms with Crippen LogP contribution >= 0.6 is 0 Å². The fraction of sp³-hybridized carbons (Fsp3) is 0.500. The molecule has 0 saturated heterocycles. The number of rotatable bonds is 6. The number of hydrazine groups is 1. The number of pyridine rings is 1. The fourth-order valence-electron chi connectivity index (χ4n) is 1.12. The van der Waals surface area contributed by atoms with Crippen LogP contribution in [0, 0.1) is 0 Å². The van der Waals surface area contributed by atoms with Gasteiger partial charge in [0.05, 0.1) is 19.3 Å². The molecule has 1 aromatic heterocycles. The molecule has 0 aliphatic rings. The summed E-state index contributed by atoms with van der Waals surface area (Å²) in [6.45, 7) is 3.09. The average molecular weight is 211 g/mol. The summed E-state index contributed by atoms with van der Waals surface area (Å²) < 4.78 is 10.5. The van der Waals surface area contributed by atoms with Crippen molar-refractivity contribution < 1.29 is 9.47 Å². The third kappa shape index (κ3) is 4.24. The van der Waals surface area contributed by atoms with E-state index in [1.54, 1.807) is 19.4 Å². The second kappa shape index (κ2) is 6.34. The van der Waals surface area contributed by atoms with Crippen LogP contribution in [0.5, 0.6) is 0 Å². The zero-order valence-corrected chi connectivity index (χ0v) is 9.06. The number of nitrogens with zero attached hydrogens (tertiary/aromatic N) is 1. The molecule has 15 heavy (non-hydrogen) atoms. The van der Waals surface area contributed by atoms with Crippen molar-refractivity contribution in [3.63, 3.8) is 0 Å². The summed E-state index contributed by atoms with van der Waals surface area (Å²) in [5.74, 6) is 5.84. The number of hydrogen-bond acceptors (Lipinski definition) is 5. The van der Waals surface area contributed by atoms with Gasteiger partial charge in [0, 0.05) is 13.3 Å². The van der Waals surface area contributed by atoms with Gasteiger partial charge >= 0.3 is 0 Å². The fourth-order valence-corrected chi connectivity index (χ4v) is 1.12. The number of aromatic nitrogens is 1. The Morgan fingerprint density at radius 3 is 2.87 bits per heavy atom. The maximum absolute atomic E-state index is 5.53. The first-order valence-electron chi connectivity index (χ1n) is 4.78. The lowest BCUT2D eigenvalue weighted by atomic mass is 10.3. The third-order valence-corrected chi connectivity index (χ3v) is 1.91. The molecule has 0 bridgehead atoms. The van der Waals surface area contributed by atoms with Crippen molar-refractivity contribution >= 4 is 5.82 Å². The average Bonchev–Trinajstić information content (AvgIpc) is 2.27. The second-order valence-electron chi connectivity index (χ2n) is 3.27. The molecule has 3 N–H and O–H groups in total. The van der Waals surface area contributed by atoms with E-state index in [0.29, 0.717) is 19.0 Å². The molecule has 0 aromatic carbocycles. The molecule has 5 heteroatoms. The summed E-state index contributed by atoms with van der Waals surface area (Å²) in [7, 11) is 1.66. The van der Waals surface area contributed by atoms with Crippen molar-refractivity contribution in [1.82, 2.24) is 4.98 Å². The Morgan fingerprint density at radius 2 is 2.33 bits per heavy atom. The molecule has 0 spiro atoms. The molecule has 0 fully saturated rings. The zero-order chi connectivity index (χ0) is 11.1. The van der Waals surface area contributed by atoms with Crippen LogP contribution in [0.25, 0.3) is 0 Å². The molecule has 1 rings (SSSR count). The molecule has 1 aromatic rings. The van der Waals surface area contributed by atoms with Crippen molar-refractivity contribution in [3.8, 4) is 0 Å². The third-order valence-electron chi connectivity index (χ3n) is 1.91. The molecule has 5 nitrogen and oxygen atoms in total. The standard InChI is InChI=1S/C10H17N3O2/c1-8(6-14-2)15-7-9-3-4-10(13-11)12-5-9/h3-5,8H,6-7,11H2,1-2H3,(H,12,13). The first-order chi connectivity index (χ1) is 7.26. The van der Waals surface area contributed by atoms with Crippen LogP contribution in [0.1, 0.15) is 12.5 Å². The minimum atomic E-state index is 0.0855. The van der Waals surface area contributed by atoms with Crippen LogP contribution in [0.3, 0.4) is 0 Å². The molecule has 0 aliphatic heterocycles. The van der Waals surface area contributed by atoms with E-state index in [0.717, 1.165) is 5.56 Å². The van der Waals surface area contributed by atoms with E-state index < -0.39 is 0 Å². The van der Waals surface area contributed by atoms with Crippen molar-refractivity contribution in [2.75, 3.05) is 19.1 Å². The van der Waals surface area contributed by atoms with Gasteiger partial charge in [0.2, 0.25) is 0 Å². The van der Waals surface area contributed by atoms with Gasteiger partial charge < -0.3 is 14.9 Å². The van der Waals surface area contributed by atoms with E-state index in [2.05, 4.69) is 10.4 Å². The summed E-state index contributed by atoms with van der Waals surface area (Å²) in [6.07, 6.45) is 1.82. The summed E-state index contributed by atoms with van der Waals surface area (Å²) in [5.41, 5.74) is 3.48. The Balaban J connectivity index is 2.37. The van der Waals surface area contributed by atoms with Gasteiger partial charge in [-0.1, -0.05) is 6.07 Å². The molecule has 84 valence electrons. The summed E-state index contributed by atoms with van der Waals surface area (Å²) in [4.78, 5) is 4.07. The predicted octanol–water partition coefficient (Wildman–Crippen LogP) is 0.919. The van der Waals surface area contributed by atoms with Crippen LogP contribution < -0.4 is 11.3 Å². The first-order valence-corrected chi connectivity index (χ1v) is 4.78. The number of nitrogen functional groups attached to an aromatic ring is 1. The molecule has 1 unspecified atom stereocenters. The minimum absolute atomic E-state index is 0.0855. The van der Waals surface area contributed by atoms with Crippen LogP contribution in [-0.4, -0.2) is 24.8 Å². The normalized spacial score (nSPS) is 12.5. The van der Waals surface area contributed by atoms with Crippen molar-refractivity contribution in [3.05, 3.63) is 23.9 Å². The molecule has 0 amide bonds. The number of nitrogens with two attached hydrogens (primary N) is 1. The number of ether oxygens (including phenoxy) is 2. The maximum atomic E-state index is 5.53. The van der Waals surface area contributed by atoms with Crippen molar-refractivity contribution in [1.29, 1.82) is 0 Å². The van der Waals surface area contributed by atoms with Crippen LogP contribution in [0.2, 0.25) is 0 Å². The molecular formula is C10H17N3O2. The SMILES string of the molecule is COCC(C)OCc1ccc(NN)nc1. The molecule has 1 atom stereocenters. The predicted molar refractivity (Wildman–Crippen MR) is 58.2 cm³/mol. The van der Waals surface area contributed by atoms with E-state index in [-0.39, 0.29) is 6.10 Å². The van der Waals surface area contributed by atoms with Crippen molar-refractivity contribution in [2.45, 2.75) is 19.6 Å². The zero-order valence-electron chi connectivity index (χ0n) is 9.06. The lowest BCUT2D eigenvalue weighted by molar-refractivity contribution is -0.000210. The van der Waals surface area contributed by atoms with Crippen LogP contribution in [0.15, 0.2) is 18.3 Å². The molecule has 0 saturated carbocycles. The first kappa shape index (κ1) is 11.9. The smallest absolute Gasteiger partial charge is 0.139 e. The summed E-state index contributed by atoms with van der Waals surface area (Å²) in [5, 5.41) is 0. The van der Waals surface area contributed by atoms with E-state index >= 15 is 0 Å². The summed E-state index contributed by atoms with van der Waals surface area (Å²) in [6, 6.07) is 3.72. The molecular weight excluding hydrogens is 194 g/mol. The van der Waals surface area contributed by atoms with E-state index in [1.807, 2.05) is 13.0 Å². The van der Waals surface area contributed by atoms with E-state index in [9.17, 15) is 0 Å². The Morgan fingerprint density at radius 1 is 1.53 bits per heavy atom. The molecule has 0 aliphatic carbocycles. The van der Waals surface area contributed by atoms with Crippen molar-refractivity contribution in [2.24, 2.45) is 5.84 Å². The Hall–Kier alpha value is -1.17. The molecule has 1 heterocycles. The van der Waals surface area contributed by atoms with Gasteiger partial charge in [0.1, 0.15) is 5.82 Å². The van der Waals surface area contributed by atoms with E-state index in [4.69, 9.17) is 15.3 Å². The summed E-state index contributed by atoms with van der Waals surface area (Å²) >= 11 is 0. The van der Waals surface area contributed by atoms with Crippen LogP contribution in [-0.2, 0) is 16.1 Å². The van der Waals surface area contributed by atoms with Gasteiger partial charge in [0.25, 0.3) is 0 Å². The number of hydrogen-bond donors (Lipinski definition) is 2. The van der Waals surface area contributed by atoms with Gasteiger partial charge in [-0.3, -0.25) is 0 Å². The van der Waals surface area contributed by atoms with Gasteiger partial charge in [-0.25, -0.2) is 10.8 Å². The highest BCUT2D eigenvalue weighted by Gasteiger charge is 2.01. The highest BCUT2D eigenvalue weighted by Crippen LogP contribution is 2.06. The largest absolute Gasteiger partial charge is 0.382 e. The number of anilines is 1. The number of nitrogens with one attached hydrogen (secondary N) is 1. The Labute approximate surface area is 89.6 Å².